The Labute approximate surface area is 120 Å². The molecule has 1 nitrogen and oxygen atoms in total. The molecule has 0 spiro atoms. The standard InChI is InChI=1S/C17H20ClN/c1-2-19-17-10-6-5-8-13-12-7-3-4-9-14(12)16(18)11-15(13)17/h3-4,7,9,11,17,19H,2,5-6,8,10H2,1H3. The number of rotatable bonds is 2. The molecule has 19 heavy (non-hydrogen) atoms. The molecule has 0 saturated heterocycles. The fourth-order valence-electron chi connectivity index (χ4n) is 3.27. The minimum atomic E-state index is 0.463. The SMILES string of the molecule is CCNC1CCCCc2c1cc(Cl)c1ccccc21. The van der Waals surface area contributed by atoms with E-state index >= 15 is 0 Å². The number of hydrogen-bond acceptors (Lipinski definition) is 1. The molecular formula is C17H20ClN. The summed E-state index contributed by atoms with van der Waals surface area (Å²) in [6, 6.07) is 11.2. The van der Waals surface area contributed by atoms with Crippen molar-refractivity contribution in [3.05, 3.63) is 46.5 Å². The lowest BCUT2D eigenvalue weighted by Crippen LogP contribution is -2.21. The van der Waals surface area contributed by atoms with Crippen molar-refractivity contribution in [1.29, 1.82) is 0 Å². The summed E-state index contributed by atoms with van der Waals surface area (Å²) in [4.78, 5) is 0. The van der Waals surface area contributed by atoms with Gasteiger partial charge in [-0.2, -0.15) is 0 Å². The van der Waals surface area contributed by atoms with Crippen LogP contribution >= 0.6 is 11.6 Å². The van der Waals surface area contributed by atoms with Crippen molar-refractivity contribution in [2.45, 2.75) is 38.6 Å². The summed E-state index contributed by atoms with van der Waals surface area (Å²) in [5, 5.41) is 7.04. The van der Waals surface area contributed by atoms with Crippen LogP contribution in [0.3, 0.4) is 0 Å². The first-order chi connectivity index (χ1) is 9.31. The fourth-order valence-corrected chi connectivity index (χ4v) is 3.55. The van der Waals surface area contributed by atoms with Crippen molar-refractivity contribution in [2.24, 2.45) is 0 Å². The van der Waals surface area contributed by atoms with Crippen LogP contribution in [-0.4, -0.2) is 6.54 Å². The number of fused-ring (bicyclic) bond motifs is 3. The van der Waals surface area contributed by atoms with Gasteiger partial charge in [0.2, 0.25) is 0 Å². The number of aryl methyl sites for hydroxylation is 1. The average molecular weight is 274 g/mol. The maximum absolute atomic E-state index is 6.48. The van der Waals surface area contributed by atoms with Crippen LogP contribution in [-0.2, 0) is 6.42 Å². The van der Waals surface area contributed by atoms with E-state index in [1.165, 1.54) is 47.6 Å². The van der Waals surface area contributed by atoms with E-state index in [-0.39, 0.29) is 0 Å². The molecule has 0 radical (unpaired) electrons. The van der Waals surface area contributed by atoms with E-state index in [1.54, 1.807) is 0 Å². The normalized spacial score (nSPS) is 19.2. The second-order valence-corrected chi connectivity index (χ2v) is 5.73. The molecule has 0 aromatic heterocycles. The van der Waals surface area contributed by atoms with Gasteiger partial charge in [0.15, 0.2) is 0 Å². The zero-order valence-electron chi connectivity index (χ0n) is 11.4. The summed E-state index contributed by atoms with van der Waals surface area (Å²) in [6.07, 6.45) is 4.96. The van der Waals surface area contributed by atoms with Crippen LogP contribution in [0.2, 0.25) is 5.02 Å². The Morgan fingerprint density at radius 2 is 2.00 bits per heavy atom. The van der Waals surface area contributed by atoms with E-state index in [9.17, 15) is 0 Å². The molecule has 100 valence electrons. The zero-order valence-corrected chi connectivity index (χ0v) is 12.1. The monoisotopic (exact) mass is 273 g/mol. The van der Waals surface area contributed by atoms with Crippen molar-refractivity contribution in [3.63, 3.8) is 0 Å². The molecule has 1 aliphatic rings. The van der Waals surface area contributed by atoms with E-state index in [1.807, 2.05) is 0 Å². The van der Waals surface area contributed by atoms with E-state index < -0.39 is 0 Å². The molecule has 2 aromatic carbocycles. The lowest BCUT2D eigenvalue weighted by Gasteiger charge is -2.20. The van der Waals surface area contributed by atoms with Crippen molar-refractivity contribution in [3.8, 4) is 0 Å². The predicted molar refractivity (Wildman–Crippen MR) is 82.9 cm³/mol. The summed E-state index contributed by atoms with van der Waals surface area (Å²) < 4.78 is 0. The highest BCUT2D eigenvalue weighted by Crippen LogP contribution is 2.37. The largest absolute Gasteiger partial charge is 0.310 e. The molecule has 3 rings (SSSR count). The topological polar surface area (TPSA) is 12.0 Å². The van der Waals surface area contributed by atoms with Gasteiger partial charge < -0.3 is 5.32 Å². The van der Waals surface area contributed by atoms with Crippen molar-refractivity contribution in [1.82, 2.24) is 5.32 Å². The first-order valence-electron chi connectivity index (χ1n) is 7.24. The minimum absolute atomic E-state index is 0.463. The van der Waals surface area contributed by atoms with Gasteiger partial charge in [-0.05, 0) is 48.4 Å². The van der Waals surface area contributed by atoms with Crippen molar-refractivity contribution in [2.75, 3.05) is 6.54 Å². The van der Waals surface area contributed by atoms with E-state index in [4.69, 9.17) is 11.6 Å². The molecule has 2 aromatic rings. The molecule has 0 bridgehead atoms. The summed E-state index contributed by atoms with van der Waals surface area (Å²) in [5.41, 5.74) is 2.92. The predicted octanol–water partition coefficient (Wildman–Crippen LogP) is 4.87. The number of halogens is 1. The number of benzene rings is 2. The average Bonchev–Trinajstić information content (AvgIpc) is 2.63. The van der Waals surface area contributed by atoms with Gasteiger partial charge >= 0.3 is 0 Å². The van der Waals surface area contributed by atoms with Gasteiger partial charge in [0, 0.05) is 16.5 Å². The Balaban J connectivity index is 2.22. The molecule has 0 fully saturated rings. The summed E-state index contributed by atoms with van der Waals surface area (Å²) in [7, 11) is 0. The van der Waals surface area contributed by atoms with Crippen LogP contribution in [0.25, 0.3) is 10.8 Å². The molecule has 1 atom stereocenters. The van der Waals surface area contributed by atoms with Crippen LogP contribution in [0.15, 0.2) is 30.3 Å². The molecular weight excluding hydrogens is 254 g/mol. The Bertz CT molecular complexity index is 591. The first-order valence-corrected chi connectivity index (χ1v) is 7.62. The van der Waals surface area contributed by atoms with Gasteiger partial charge in [-0.1, -0.05) is 49.2 Å². The van der Waals surface area contributed by atoms with Crippen LogP contribution in [0, 0.1) is 0 Å². The maximum Gasteiger partial charge on any atom is 0.0487 e. The maximum atomic E-state index is 6.48. The Morgan fingerprint density at radius 3 is 2.79 bits per heavy atom. The molecule has 0 saturated carbocycles. The smallest absolute Gasteiger partial charge is 0.0487 e. The van der Waals surface area contributed by atoms with Crippen LogP contribution in [0.4, 0.5) is 0 Å². The third-order valence-electron chi connectivity index (χ3n) is 4.14. The molecule has 1 unspecified atom stereocenters. The van der Waals surface area contributed by atoms with Crippen LogP contribution in [0.5, 0.6) is 0 Å². The van der Waals surface area contributed by atoms with Crippen molar-refractivity contribution < 1.29 is 0 Å². The van der Waals surface area contributed by atoms with Crippen molar-refractivity contribution >= 4 is 22.4 Å². The summed E-state index contributed by atoms with van der Waals surface area (Å²) >= 11 is 6.48. The quantitative estimate of drug-likeness (QED) is 0.770. The molecule has 0 amide bonds. The highest BCUT2D eigenvalue weighted by molar-refractivity contribution is 6.35. The second-order valence-electron chi connectivity index (χ2n) is 5.33. The summed E-state index contributed by atoms with van der Waals surface area (Å²) in [6.45, 7) is 3.18. The van der Waals surface area contributed by atoms with Gasteiger partial charge in [0.25, 0.3) is 0 Å². The lowest BCUT2D eigenvalue weighted by molar-refractivity contribution is 0.504. The van der Waals surface area contributed by atoms with Gasteiger partial charge in [0.05, 0.1) is 0 Å². The molecule has 0 heterocycles. The fraction of sp³-hybridized carbons (Fsp3) is 0.412. The molecule has 1 N–H and O–H groups in total. The number of nitrogens with one attached hydrogen (secondary N) is 1. The lowest BCUT2D eigenvalue weighted by atomic mass is 9.93. The van der Waals surface area contributed by atoms with Gasteiger partial charge in [-0.15, -0.1) is 0 Å². The van der Waals surface area contributed by atoms with Crippen LogP contribution < -0.4 is 5.32 Å². The Kier molecular flexibility index (Phi) is 3.76. The third-order valence-corrected chi connectivity index (χ3v) is 4.45. The van der Waals surface area contributed by atoms with Gasteiger partial charge in [0.1, 0.15) is 0 Å². The third kappa shape index (κ3) is 2.37. The Hall–Kier alpha value is -1.05. The molecule has 2 heteroatoms. The highest BCUT2D eigenvalue weighted by Gasteiger charge is 2.20. The van der Waals surface area contributed by atoms with Gasteiger partial charge in [-0.25, -0.2) is 0 Å². The van der Waals surface area contributed by atoms with E-state index in [0.717, 1.165) is 11.6 Å². The summed E-state index contributed by atoms with van der Waals surface area (Å²) in [5.74, 6) is 0. The molecule has 0 aliphatic heterocycles. The highest BCUT2D eigenvalue weighted by atomic mass is 35.5. The Morgan fingerprint density at radius 1 is 1.21 bits per heavy atom. The van der Waals surface area contributed by atoms with E-state index in [2.05, 4.69) is 42.6 Å². The second kappa shape index (κ2) is 5.52. The first kappa shape index (κ1) is 13.0. The minimum Gasteiger partial charge on any atom is -0.310 e. The number of hydrogen-bond donors (Lipinski definition) is 1. The van der Waals surface area contributed by atoms with Crippen LogP contribution in [0.1, 0.15) is 43.4 Å². The zero-order chi connectivity index (χ0) is 13.2. The van der Waals surface area contributed by atoms with E-state index in [0.29, 0.717) is 6.04 Å². The van der Waals surface area contributed by atoms with Gasteiger partial charge in [-0.3, -0.25) is 0 Å². The molecule has 1 aliphatic carbocycles.